The van der Waals surface area contributed by atoms with Crippen molar-refractivity contribution in [2.45, 2.75) is 130 Å². The van der Waals surface area contributed by atoms with Gasteiger partial charge >= 0.3 is 0 Å². The smallest absolute Gasteiger partial charge is 0.220 e. The van der Waals surface area contributed by atoms with Gasteiger partial charge in [0.15, 0.2) is 0 Å². The van der Waals surface area contributed by atoms with Gasteiger partial charge in [0.05, 0.1) is 27.2 Å². The first kappa shape index (κ1) is 29.4. The monoisotopic (exact) mass is 515 g/mol. The fourth-order valence-corrected chi connectivity index (χ4v) is 10.6. The van der Waals surface area contributed by atoms with Crippen LogP contribution in [0, 0.1) is 46.3 Å². The van der Waals surface area contributed by atoms with Crippen molar-refractivity contribution in [3.63, 3.8) is 0 Å². The second-order valence-corrected chi connectivity index (χ2v) is 15.4. The highest BCUT2D eigenvalue weighted by Crippen LogP contribution is 2.68. The van der Waals surface area contributed by atoms with Crippen LogP contribution in [0.4, 0.5) is 0 Å². The van der Waals surface area contributed by atoms with E-state index in [0.717, 1.165) is 66.4 Å². The van der Waals surface area contributed by atoms with Crippen LogP contribution >= 0.6 is 0 Å². The predicted octanol–water partition coefficient (Wildman–Crippen LogP) is 8.22. The Morgan fingerprint density at radius 3 is 2.43 bits per heavy atom. The number of carbonyl (C=O) groups excluding carboxylic acids is 1. The van der Waals surface area contributed by atoms with Crippen molar-refractivity contribution < 1.29 is 9.28 Å². The SMILES string of the molecule is CCCCC[N+](C)(C)CCCNC(=O)CC[C@@H](C)[C@H]1CCC2C3CCC4CCCC[C@]4(C)C3CC[C@@]21C. The molecule has 4 aliphatic rings. The molecular formula is C34H63N2O+. The first-order valence-corrected chi connectivity index (χ1v) is 16.7. The van der Waals surface area contributed by atoms with Gasteiger partial charge in [-0.15, -0.1) is 0 Å². The molecule has 0 saturated heterocycles. The molecule has 8 atom stereocenters. The van der Waals surface area contributed by atoms with Crippen LogP contribution in [0.3, 0.4) is 0 Å². The first-order chi connectivity index (χ1) is 17.6. The van der Waals surface area contributed by atoms with E-state index in [0.29, 0.717) is 16.7 Å². The Morgan fingerprint density at radius 2 is 1.65 bits per heavy atom. The molecule has 0 bridgehead atoms. The van der Waals surface area contributed by atoms with Crippen LogP contribution in [0.1, 0.15) is 130 Å². The molecule has 0 aromatic carbocycles. The minimum Gasteiger partial charge on any atom is -0.356 e. The zero-order valence-electron chi connectivity index (χ0n) is 25.8. The highest BCUT2D eigenvalue weighted by Gasteiger charge is 2.60. The van der Waals surface area contributed by atoms with E-state index in [4.69, 9.17) is 0 Å². The van der Waals surface area contributed by atoms with Gasteiger partial charge in [0.2, 0.25) is 5.91 Å². The third-order valence-electron chi connectivity index (χ3n) is 12.8. The molecule has 0 aliphatic heterocycles. The number of carbonyl (C=O) groups is 1. The van der Waals surface area contributed by atoms with Crippen molar-refractivity contribution in [1.29, 1.82) is 0 Å². The minimum absolute atomic E-state index is 0.287. The summed E-state index contributed by atoms with van der Waals surface area (Å²) in [5, 5.41) is 3.25. The Labute approximate surface area is 230 Å². The fraction of sp³-hybridized carbons (Fsp3) is 0.971. The summed E-state index contributed by atoms with van der Waals surface area (Å²) in [6.07, 6.45) is 21.7. The quantitative estimate of drug-likeness (QED) is 0.206. The normalized spacial score (nSPS) is 38.4. The molecule has 1 amide bonds. The number of amides is 1. The molecule has 0 heterocycles. The van der Waals surface area contributed by atoms with Crippen molar-refractivity contribution in [3.05, 3.63) is 0 Å². The summed E-state index contributed by atoms with van der Waals surface area (Å²) in [5.74, 6) is 5.74. The maximum atomic E-state index is 12.7. The molecule has 4 saturated carbocycles. The van der Waals surface area contributed by atoms with E-state index in [1.165, 1.54) is 90.0 Å². The van der Waals surface area contributed by atoms with Crippen molar-refractivity contribution in [1.82, 2.24) is 5.32 Å². The maximum Gasteiger partial charge on any atom is 0.220 e. The number of hydrogen-bond acceptors (Lipinski definition) is 1. The summed E-state index contributed by atoms with van der Waals surface area (Å²) < 4.78 is 1.08. The average molecular weight is 516 g/mol. The van der Waals surface area contributed by atoms with Gasteiger partial charge in [-0.2, -0.15) is 0 Å². The highest BCUT2D eigenvalue weighted by atomic mass is 16.1. The topological polar surface area (TPSA) is 29.1 Å². The molecule has 4 rings (SSSR count). The molecule has 4 fully saturated rings. The summed E-state index contributed by atoms with van der Waals surface area (Å²) in [5.41, 5.74) is 1.17. The van der Waals surface area contributed by atoms with Gasteiger partial charge in [0.25, 0.3) is 0 Å². The summed E-state index contributed by atoms with van der Waals surface area (Å²) >= 11 is 0. The van der Waals surface area contributed by atoms with Gasteiger partial charge in [-0.1, -0.05) is 47.0 Å². The van der Waals surface area contributed by atoms with Gasteiger partial charge in [-0.25, -0.2) is 0 Å². The van der Waals surface area contributed by atoms with Crippen LogP contribution in [0.5, 0.6) is 0 Å². The summed E-state index contributed by atoms with van der Waals surface area (Å²) in [7, 11) is 4.67. The Balaban J connectivity index is 1.22. The molecular weight excluding hydrogens is 452 g/mol. The molecule has 214 valence electrons. The minimum atomic E-state index is 0.287. The maximum absolute atomic E-state index is 12.7. The van der Waals surface area contributed by atoms with E-state index >= 15 is 0 Å². The number of fused-ring (bicyclic) bond motifs is 5. The molecule has 4 aliphatic carbocycles. The number of rotatable bonds is 12. The van der Waals surface area contributed by atoms with Crippen LogP contribution in [0.25, 0.3) is 0 Å². The lowest BCUT2D eigenvalue weighted by Gasteiger charge is -2.61. The number of nitrogens with one attached hydrogen (secondary N) is 1. The first-order valence-electron chi connectivity index (χ1n) is 16.7. The number of unbranched alkanes of at least 4 members (excludes halogenated alkanes) is 2. The van der Waals surface area contributed by atoms with E-state index in [1.807, 2.05) is 0 Å². The highest BCUT2D eigenvalue weighted by molar-refractivity contribution is 5.75. The van der Waals surface area contributed by atoms with E-state index in [1.54, 1.807) is 0 Å². The molecule has 3 heteroatoms. The van der Waals surface area contributed by atoms with Crippen LogP contribution in [-0.4, -0.2) is 44.1 Å². The Morgan fingerprint density at radius 1 is 0.892 bits per heavy atom. The molecule has 0 aromatic rings. The largest absolute Gasteiger partial charge is 0.356 e. The van der Waals surface area contributed by atoms with Gasteiger partial charge in [-0.3, -0.25) is 4.79 Å². The second-order valence-electron chi connectivity index (χ2n) is 15.4. The third kappa shape index (κ3) is 6.44. The third-order valence-corrected chi connectivity index (χ3v) is 12.8. The van der Waals surface area contributed by atoms with Crippen molar-refractivity contribution in [2.75, 3.05) is 33.7 Å². The lowest BCUT2D eigenvalue weighted by Crippen LogP contribution is -2.53. The van der Waals surface area contributed by atoms with Crippen molar-refractivity contribution >= 4 is 5.91 Å². The van der Waals surface area contributed by atoms with Crippen molar-refractivity contribution in [3.8, 4) is 0 Å². The number of nitrogens with zero attached hydrogens (tertiary/aromatic N) is 1. The average Bonchev–Trinajstić information content (AvgIpc) is 3.22. The van der Waals surface area contributed by atoms with Crippen LogP contribution in [0.2, 0.25) is 0 Å². The van der Waals surface area contributed by atoms with E-state index in [-0.39, 0.29) is 5.91 Å². The molecule has 0 aromatic heterocycles. The van der Waals surface area contributed by atoms with E-state index < -0.39 is 0 Å². The summed E-state index contributed by atoms with van der Waals surface area (Å²) in [6, 6.07) is 0. The molecule has 4 unspecified atom stereocenters. The Hall–Kier alpha value is -0.570. The second kappa shape index (κ2) is 12.3. The molecule has 37 heavy (non-hydrogen) atoms. The van der Waals surface area contributed by atoms with E-state index in [2.05, 4.69) is 47.1 Å². The molecule has 0 spiro atoms. The van der Waals surface area contributed by atoms with Crippen LogP contribution in [-0.2, 0) is 4.79 Å². The van der Waals surface area contributed by atoms with Crippen LogP contribution in [0.15, 0.2) is 0 Å². The van der Waals surface area contributed by atoms with Gasteiger partial charge in [-0.05, 0) is 117 Å². The summed E-state index contributed by atoms with van der Waals surface area (Å²) in [6.45, 7) is 13.4. The number of hydrogen-bond donors (Lipinski definition) is 1. The standard InChI is InChI=1S/C34H62N2O/c1-7-8-11-24-36(5,6)25-12-23-35-32(37)19-14-26(2)29-17-18-30-28-16-15-27-13-9-10-21-33(27,3)31(28)20-22-34(29,30)4/h26-31H,7-25H2,1-6H3/p+1/t26-,27?,28?,29-,30?,31?,33+,34-/m1/s1. The summed E-state index contributed by atoms with van der Waals surface area (Å²) in [4.78, 5) is 12.7. The molecule has 0 radical (unpaired) electrons. The van der Waals surface area contributed by atoms with Gasteiger partial charge in [0, 0.05) is 19.4 Å². The molecule has 3 nitrogen and oxygen atoms in total. The Bertz CT molecular complexity index is 748. The number of quaternary nitrogens is 1. The lowest BCUT2D eigenvalue weighted by atomic mass is 9.44. The van der Waals surface area contributed by atoms with E-state index in [9.17, 15) is 4.79 Å². The van der Waals surface area contributed by atoms with Gasteiger partial charge in [0.1, 0.15) is 0 Å². The molecule has 1 N–H and O–H groups in total. The zero-order valence-corrected chi connectivity index (χ0v) is 25.8. The van der Waals surface area contributed by atoms with Gasteiger partial charge < -0.3 is 9.80 Å². The van der Waals surface area contributed by atoms with Crippen molar-refractivity contribution in [2.24, 2.45) is 46.3 Å². The lowest BCUT2D eigenvalue weighted by molar-refractivity contribution is -0.890. The zero-order chi connectivity index (χ0) is 26.7. The van der Waals surface area contributed by atoms with Crippen LogP contribution < -0.4 is 5.32 Å². The fourth-order valence-electron chi connectivity index (χ4n) is 10.6. The Kier molecular flexibility index (Phi) is 9.78. The predicted molar refractivity (Wildman–Crippen MR) is 157 cm³/mol.